The van der Waals surface area contributed by atoms with Crippen LogP contribution in [-0.2, 0) is 17.8 Å². The molecule has 1 aliphatic heterocycles. The number of aliphatic hydroxyl groups excluding tert-OH is 1. The van der Waals surface area contributed by atoms with Crippen LogP contribution in [0.1, 0.15) is 31.2 Å². The average Bonchev–Trinajstić information content (AvgIpc) is 3.45. The third-order valence-electron chi connectivity index (χ3n) is 5.47. The quantitative estimate of drug-likeness (QED) is 0.381. The number of thiazole rings is 1. The van der Waals surface area contributed by atoms with Crippen LogP contribution in [-0.4, -0.2) is 29.8 Å². The molecule has 0 fully saturated rings. The molecule has 4 aromatic rings. The van der Waals surface area contributed by atoms with E-state index in [0.29, 0.717) is 40.5 Å². The number of esters is 1. The lowest BCUT2D eigenvalue weighted by Gasteiger charge is -2.30. The molecule has 33 heavy (non-hydrogen) atoms. The minimum absolute atomic E-state index is 0.156. The van der Waals surface area contributed by atoms with E-state index in [2.05, 4.69) is 4.98 Å². The number of aliphatic hydroxyl groups is 1. The number of fused-ring (bicyclic) bond motifs is 2. The molecule has 1 N–H and O–H groups in total. The number of carbonyl (C=O) groups is 1. The maximum absolute atomic E-state index is 13.4. The molecule has 3 heterocycles. The molecule has 170 valence electrons. The molecule has 1 aliphatic rings. The molecule has 0 bridgehead atoms. The van der Waals surface area contributed by atoms with Crippen molar-refractivity contribution >= 4 is 38.9 Å². The fourth-order valence-corrected chi connectivity index (χ4v) is 5.68. The summed E-state index contributed by atoms with van der Waals surface area (Å²) in [6.45, 7) is 0.619. The van der Waals surface area contributed by atoms with Gasteiger partial charge < -0.3 is 19.3 Å². The molecular formula is C24H20FNO5S2. The summed E-state index contributed by atoms with van der Waals surface area (Å²) in [4.78, 5) is 17.6. The topological polar surface area (TPSA) is 77.9 Å². The van der Waals surface area contributed by atoms with Gasteiger partial charge in [0.15, 0.2) is 0 Å². The van der Waals surface area contributed by atoms with Crippen LogP contribution >= 0.6 is 22.7 Å². The van der Waals surface area contributed by atoms with Gasteiger partial charge in [-0.05, 0) is 48.9 Å². The van der Waals surface area contributed by atoms with E-state index in [-0.39, 0.29) is 24.3 Å². The molecule has 0 saturated heterocycles. The summed E-state index contributed by atoms with van der Waals surface area (Å²) < 4.78 is 30.8. The molecule has 9 heteroatoms. The standard InChI is InChI=1S/C24H20FNO5S2/c1-29-24(28)21-7-4-16(32-21)8-13-11-31-19-5-3-15(10-17(19)23(13)27)30-12-22-26-18-9-14(25)2-6-20(18)33-22/h2-7,9-10,13,23,27H,8,11-12H2,1H3/t13-,23-/m0/s1. The first-order valence-electron chi connectivity index (χ1n) is 10.3. The molecule has 0 spiro atoms. The molecule has 2 aromatic carbocycles. The number of methoxy groups -OCH3 is 1. The fraction of sp³-hybridized carbons (Fsp3) is 0.250. The van der Waals surface area contributed by atoms with Crippen molar-refractivity contribution in [2.45, 2.75) is 19.1 Å². The Hall–Kier alpha value is -3.01. The predicted octanol–water partition coefficient (Wildman–Crippen LogP) is 5.15. The first kappa shape index (κ1) is 21.8. The first-order valence-corrected chi connectivity index (χ1v) is 11.9. The second kappa shape index (κ2) is 9.09. The number of ether oxygens (including phenoxy) is 3. The van der Waals surface area contributed by atoms with Crippen LogP contribution < -0.4 is 9.47 Å². The van der Waals surface area contributed by atoms with Crippen LogP contribution in [0.5, 0.6) is 11.5 Å². The lowest BCUT2D eigenvalue weighted by molar-refractivity contribution is 0.0508. The van der Waals surface area contributed by atoms with E-state index < -0.39 is 6.10 Å². The Morgan fingerprint density at radius 3 is 2.94 bits per heavy atom. The minimum Gasteiger partial charge on any atom is -0.493 e. The van der Waals surface area contributed by atoms with E-state index in [1.165, 1.54) is 41.9 Å². The van der Waals surface area contributed by atoms with E-state index in [4.69, 9.17) is 14.2 Å². The summed E-state index contributed by atoms with van der Waals surface area (Å²) in [5, 5.41) is 11.7. The summed E-state index contributed by atoms with van der Waals surface area (Å²) in [5.41, 5.74) is 1.28. The summed E-state index contributed by atoms with van der Waals surface area (Å²) in [5.74, 6) is 0.380. The van der Waals surface area contributed by atoms with Crippen LogP contribution in [0, 0.1) is 11.7 Å². The number of rotatable bonds is 6. The maximum atomic E-state index is 13.4. The molecule has 0 amide bonds. The highest BCUT2D eigenvalue weighted by Crippen LogP contribution is 2.39. The highest BCUT2D eigenvalue weighted by Gasteiger charge is 2.30. The van der Waals surface area contributed by atoms with Crippen molar-refractivity contribution in [2.75, 3.05) is 13.7 Å². The van der Waals surface area contributed by atoms with E-state index in [1.54, 1.807) is 30.3 Å². The molecule has 0 saturated carbocycles. The number of hydrogen-bond acceptors (Lipinski definition) is 8. The van der Waals surface area contributed by atoms with E-state index in [1.807, 2.05) is 6.07 Å². The van der Waals surface area contributed by atoms with Crippen LogP contribution in [0.2, 0.25) is 0 Å². The maximum Gasteiger partial charge on any atom is 0.348 e. The van der Waals surface area contributed by atoms with Crippen LogP contribution in [0.4, 0.5) is 4.39 Å². The number of carbonyl (C=O) groups excluding carboxylic acids is 1. The number of hydrogen-bond donors (Lipinski definition) is 1. The molecule has 2 aromatic heterocycles. The molecule has 0 unspecified atom stereocenters. The highest BCUT2D eigenvalue weighted by molar-refractivity contribution is 7.18. The van der Waals surface area contributed by atoms with Crippen molar-refractivity contribution < 1.29 is 28.5 Å². The SMILES string of the molecule is COC(=O)c1ccc(C[C@H]2COc3ccc(OCc4nc5cc(F)ccc5s4)cc3[C@H]2O)s1. The zero-order valence-electron chi connectivity index (χ0n) is 17.6. The fourth-order valence-electron chi connectivity index (χ4n) is 3.80. The van der Waals surface area contributed by atoms with Gasteiger partial charge >= 0.3 is 5.97 Å². The lowest BCUT2D eigenvalue weighted by Crippen LogP contribution is -2.27. The van der Waals surface area contributed by atoms with E-state index in [0.717, 1.165) is 14.6 Å². The zero-order valence-corrected chi connectivity index (χ0v) is 19.2. The largest absolute Gasteiger partial charge is 0.493 e. The summed E-state index contributed by atoms with van der Waals surface area (Å²) >= 11 is 2.81. The second-order valence-electron chi connectivity index (χ2n) is 7.69. The van der Waals surface area contributed by atoms with Crippen LogP contribution in [0.15, 0.2) is 48.5 Å². The van der Waals surface area contributed by atoms with Gasteiger partial charge in [-0.25, -0.2) is 14.2 Å². The minimum atomic E-state index is -0.730. The van der Waals surface area contributed by atoms with Gasteiger partial charge in [-0.15, -0.1) is 22.7 Å². The summed E-state index contributed by atoms with van der Waals surface area (Å²) in [6, 6.07) is 13.5. The van der Waals surface area contributed by atoms with Gasteiger partial charge in [-0.1, -0.05) is 0 Å². The van der Waals surface area contributed by atoms with Crippen molar-refractivity contribution in [1.82, 2.24) is 4.98 Å². The Balaban J connectivity index is 1.28. The van der Waals surface area contributed by atoms with Gasteiger partial charge in [0.2, 0.25) is 0 Å². The lowest BCUT2D eigenvalue weighted by atomic mass is 9.90. The third kappa shape index (κ3) is 4.57. The van der Waals surface area contributed by atoms with Gasteiger partial charge in [-0.2, -0.15) is 0 Å². The van der Waals surface area contributed by atoms with Gasteiger partial charge in [0.05, 0.1) is 30.0 Å². The Labute approximate surface area is 197 Å². The van der Waals surface area contributed by atoms with Crippen LogP contribution in [0.3, 0.4) is 0 Å². The van der Waals surface area contributed by atoms with Gasteiger partial charge in [0.25, 0.3) is 0 Å². The number of halogens is 1. The molecule has 5 rings (SSSR count). The number of nitrogens with zero attached hydrogens (tertiary/aromatic N) is 1. The summed E-state index contributed by atoms with van der Waals surface area (Å²) in [7, 11) is 1.35. The Bertz CT molecular complexity index is 1320. The van der Waals surface area contributed by atoms with Gasteiger partial charge in [0, 0.05) is 22.4 Å². The average molecular weight is 486 g/mol. The second-order valence-corrected chi connectivity index (χ2v) is 9.97. The monoisotopic (exact) mass is 485 g/mol. The Kier molecular flexibility index (Phi) is 6.01. The first-order chi connectivity index (χ1) is 16.0. The van der Waals surface area contributed by atoms with Crippen molar-refractivity contribution in [3.63, 3.8) is 0 Å². The van der Waals surface area contributed by atoms with Crippen molar-refractivity contribution in [1.29, 1.82) is 0 Å². The molecule has 2 atom stereocenters. The number of benzene rings is 2. The zero-order chi connectivity index (χ0) is 22.9. The number of aromatic nitrogens is 1. The van der Waals surface area contributed by atoms with Crippen molar-refractivity contribution in [2.24, 2.45) is 5.92 Å². The Morgan fingerprint density at radius 2 is 2.09 bits per heavy atom. The Morgan fingerprint density at radius 1 is 1.21 bits per heavy atom. The third-order valence-corrected chi connectivity index (χ3v) is 7.56. The predicted molar refractivity (Wildman–Crippen MR) is 124 cm³/mol. The van der Waals surface area contributed by atoms with E-state index in [9.17, 15) is 14.3 Å². The smallest absolute Gasteiger partial charge is 0.348 e. The van der Waals surface area contributed by atoms with Crippen molar-refractivity contribution in [3.05, 3.63) is 74.7 Å². The summed E-state index contributed by atoms with van der Waals surface area (Å²) in [6.07, 6.45) is -0.151. The van der Waals surface area contributed by atoms with Crippen molar-refractivity contribution in [3.8, 4) is 11.5 Å². The van der Waals surface area contributed by atoms with E-state index >= 15 is 0 Å². The highest BCUT2D eigenvalue weighted by atomic mass is 32.1. The molecule has 6 nitrogen and oxygen atoms in total. The van der Waals surface area contributed by atoms with Gasteiger partial charge in [0.1, 0.15) is 33.8 Å². The van der Waals surface area contributed by atoms with Gasteiger partial charge in [-0.3, -0.25) is 0 Å². The van der Waals surface area contributed by atoms with Crippen LogP contribution in [0.25, 0.3) is 10.2 Å². The molecule has 0 radical (unpaired) electrons. The molecular weight excluding hydrogens is 465 g/mol. The normalized spacial score (nSPS) is 17.4. The molecule has 0 aliphatic carbocycles. The number of thiophene rings is 1.